The van der Waals surface area contributed by atoms with Crippen molar-refractivity contribution in [1.29, 1.82) is 0 Å². The third kappa shape index (κ3) is 6.40. The van der Waals surface area contributed by atoms with Crippen LogP contribution in [0.3, 0.4) is 0 Å². The number of nitrogen functional groups attached to an aromatic ring is 1. The van der Waals surface area contributed by atoms with Gasteiger partial charge in [0, 0.05) is 19.4 Å². The summed E-state index contributed by atoms with van der Waals surface area (Å²) in [5, 5.41) is 5.13. The average molecular weight is 564 g/mol. The first-order chi connectivity index (χ1) is 19.4. The van der Waals surface area contributed by atoms with Crippen LogP contribution >= 0.6 is 10.8 Å². The molecule has 2 aromatic heterocycles. The van der Waals surface area contributed by atoms with E-state index < -0.39 is 22.4 Å². The van der Waals surface area contributed by atoms with Crippen LogP contribution in [0.15, 0.2) is 71.7 Å². The monoisotopic (exact) mass is 563 g/mol. The molecule has 1 aliphatic heterocycles. The van der Waals surface area contributed by atoms with E-state index in [2.05, 4.69) is 26.2 Å². The minimum absolute atomic E-state index is 0.0406. The minimum Gasteiger partial charge on any atom is -0.369 e. The predicted octanol–water partition coefficient (Wildman–Crippen LogP) is 4.47. The lowest BCUT2D eigenvalue weighted by molar-refractivity contribution is 0.232. The normalized spacial score (nSPS) is 16.2. The number of allylic oxidation sites excluding steroid dienone is 1. The fourth-order valence-electron chi connectivity index (χ4n) is 3.89. The zero-order valence-electron chi connectivity index (χ0n) is 21.4. The van der Waals surface area contributed by atoms with Crippen LogP contribution in [0, 0.1) is 17.7 Å². The first kappa shape index (κ1) is 27.1. The van der Waals surface area contributed by atoms with Crippen molar-refractivity contribution in [3.05, 3.63) is 105 Å². The maximum atomic E-state index is 13.8. The molecule has 1 aliphatic rings. The van der Waals surface area contributed by atoms with Gasteiger partial charge in [-0.25, -0.2) is 13.8 Å². The van der Waals surface area contributed by atoms with Crippen molar-refractivity contribution >= 4 is 44.2 Å². The van der Waals surface area contributed by atoms with Gasteiger partial charge in [-0.2, -0.15) is 0 Å². The predicted molar refractivity (Wildman–Crippen MR) is 154 cm³/mol. The Morgan fingerprint density at radius 3 is 2.90 bits per heavy atom. The third-order valence-corrected chi connectivity index (χ3v) is 7.36. The molecule has 204 valence electrons. The van der Waals surface area contributed by atoms with E-state index in [0.717, 1.165) is 6.07 Å². The number of aromatic nitrogens is 3. The largest absolute Gasteiger partial charge is 0.369 e. The Bertz CT molecular complexity index is 1750. The first-order valence-corrected chi connectivity index (χ1v) is 13.4. The van der Waals surface area contributed by atoms with Crippen LogP contribution in [-0.4, -0.2) is 45.7 Å². The van der Waals surface area contributed by atoms with Gasteiger partial charge in [0.2, 0.25) is 5.95 Å². The van der Waals surface area contributed by atoms with Crippen molar-refractivity contribution in [2.45, 2.75) is 11.8 Å². The highest BCUT2D eigenvalue weighted by molar-refractivity contribution is 8.20. The summed E-state index contributed by atoms with van der Waals surface area (Å²) in [7, 11) is 1.00. The minimum atomic E-state index is -0.693. The molecular formula is C28H25F2N6O3S+. The number of halogens is 2. The number of anilines is 2. The number of rotatable bonds is 9. The molecule has 0 saturated heterocycles. The summed E-state index contributed by atoms with van der Waals surface area (Å²) in [6.07, 6.45) is 3.58. The summed E-state index contributed by atoms with van der Waals surface area (Å²) >= 11 is 0. The van der Waals surface area contributed by atoms with Crippen molar-refractivity contribution < 1.29 is 17.7 Å². The summed E-state index contributed by atoms with van der Waals surface area (Å²) in [6, 6.07) is 17.0. The molecule has 0 aliphatic carbocycles. The van der Waals surface area contributed by atoms with E-state index >= 15 is 0 Å². The van der Waals surface area contributed by atoms with Gasteiger partial charge in [-0.1, -0.05) is 12.1 Å². The van der Waals surface area contributed by atoms with Gasteiger partial charge >= 0.3 is 12.8 Å². The zero-order chi connectivity index (χ0) is 28.1. The Morgan fingerprint density at radius 2 is 2.12 bits per heavy atom. The number of pyridine rings is 1. The maximum Gasteiger partial charge on any atom is 0.367 e. The molecule has 4 aromatic rings. The van der Waals surface area contributed by atoms with Gasteiger partial charge in [-0.05, 0) is 69.0 Å². The van der Waals surface area contributed by atoms with E-state index in [1.807, 2.05) is 29.6 Å². The smallest absolute Gasteiger partial charge is 0.367 e. The lowest BCUT2D eigenvalue weighted by atomic mass is 10.0. The maximum absolute atomic E-state index is 13.8. The van der Waals surface area contributed by atoms with Crippen LogP contribution in [0.25, 0.3) is 21.3 Å². The molecule has 3 N–H and O–H groups in total. The molecule has 0 bridgehead atoms. The second-order valence-electron chi connectivity index (χ2n) is 8.67. The molecule has 0 spiro atoms. The van der Waals surface area contributed by atoms with E-state index in [1.54, 1.807) is 24.4 Å². The Labute approximate surface area is 230 Å². The molecule has 12 heteroatoms. The quantitative estimate of drug-likeness (QED) is 0.176. The summed E-state index contributed by atoms with van der Waals surface area (Å²) in [5.41, 5.74) is 8.47. The third-order valence-electron chi connectivity index (χ3n) is 5.91. The molecular weight excluding hydrogens is 538 g/mol. The molecule has 40 heavy (non-hydrogen) atoms. The van der Waals surface area contributed by atoms with Crippen molar-refractivity contribution in [2.24, 2.45) is 0 Å². The van der Waals surface area contributed by atoms with E-state index in [0.29, 0.717) is 27.7 Å². The van der Waals surface area contributed by atoms with Crippen LogP contribution < -0.4 is 16.6 Å². The average Bonchev–Trinajstić information content (AvgIpc) is 3.69. The number of fused-ring (bicyclic) bond motifs is 1. The van der Waals surface area contributed by atoms with Crippen LogP contribution in [0.5, 0.6) is 0 Å². The first-order valence-electron chi connectivity index (χ1n) is 12.2. The molecule has 0 fully saturated rings. The van der Waals surface area contributed by atoms with Gasteiger partial charge in [0.25, 0.3) is 5.56 Å². The van der Waals surface area contributed by atoms with E-state index in [9.17, 15) is 13.6 Å². The van der Waals surface area contributed by atoms with Crippen molar-refractivity contribution in [1.82, 2.24) is 14.5 Å². The lowest BCUT2D eigenvalue weighted by Gasteiger charge is -2.10. The highest BCUT2D eigenvalue weighted by Gasteiger charge is 2.25. The van der Waals surface area contributed by atoms with Crippen LogP contribution in [0.4, 0.5) is 20.4 Å². The van der Waals surface area contributed by atoms with Crippen molar-refractivity contribution in [2.75, 3.05) is 31.6 Å². The van der Waals surface area contributed by atoms with E-state index in [4.69, 9.17) is 14.7 Å². The van der Waals surface area contributed by atoms with Crippen molar-refractivity contribution in [3.8, 4) is 6.07 Å². The lowest BCUT2D eigenvalue weighted by Crippen LogP contribution is -2.25. The standard InChI is InChI=1S/C28H24F2N6O3S/c1-38-16-32-13-19(10-22-15-40(22)39-17-34-26-8-6-20(29)12-24(26)30)18-5-7-25-23(11-18)27(37)36(28(31)35-25)14-21-4-2-3-9-33-21/h2-12,15,22,34H,14,16-17H2,1H3,(H-,31,35,37)/p+1. The van der Waals surface area contributed by atoms with Crippen LogP contribution in [0.1, 0.15) is 11.3 Å². The summed E-state index contributed by atoms with van der Waals surface area (Å²) in [6.45, 7) is 0.349. The molecule has 0 radical (unpaired) electrons. The second kappa shape index (κ2) is 12.2. The molecule has 2 aromatic carbocycles. The van der Waals surface area contributed by atoms with Crippen LogP contribution in [-0.2, 0) is 15.5 Å². The highest BCUT2D eigenvalue weighted by atomic mass is 32.2. The molecule has 0 amide bonds. The number of ether oxygens (including phenoxy) is 1. The summed E-state index contributed by atoms with van der Waals surface area (Å²) < 4.78 is 39.1. The van der Waals surface area contributed by atoms with E-state index in [-0.39, 0.29) is 42.5 Å². The number of benzene rings is 2. The number of methoxy groups -OCH3 is 1. The zero-order valence-corrected chi connectivity index (χ0v) is 22.2. The molecule has 2 atom stereocenters. The SMILES string of the molecule is COC[N+]#CC(=CC1C=S1OCNc1ccc(F)cc1F)c1ccc2nc(N)n(Cc3ccccn3)c(=O)c2c1. The Kier molecular flexibility index (Phi) is 8.26. The Morgan fingerprint density at radius 1 is 1.25 bits per heavy atom. The fourth-order valence-corrected chi connectivity index (χ4v) is 5.00. The highest BCUT2D eigenvalue weighted by Crippen LogP contribution is 2.37. The number of nitrogens with zero attached hydrogens (tertiary/aromatic N) is 4. The van der Waals surface area contributed by atoms with Gasteiger partial charge in [0.15, 0.2) is 0 Å². The molecule has 5 rings (SSSR count). The van der Waals surface area contributed by atoms with Gasteiger partial charge in [0.1, 0.15) is 23.9 Å². The van der Waals surface area contributed by atoms with Gasteiger partial charge in [-0.3, -0.25) is 14.3 Å². The molecule has 3 heterocycles. The van der Waals surface area contributed by atoms with E-state index in [1.165, 1.54) is 23.8 Å². The Hall–Kier alpha value is -4.44. The number of nitrogens with two attached hydrogens (primary N) is 1. The summed E-state index contributed by atoms with van der Waals surface area (Å²) in [5.74, 6) is -1.24. The van der Waals surface area contributed by atoms with Crippen LogP contribution in [0.2, 0.25) is 0 Å². The fraction of sp³-hybridized carbons (Fsp3) is 0.179. The van der Waals surface area contributed by atoms with Crippen molar-refractivity contribution in [3.63, 3.8) is 0 Å². The van der Waals surface area contributed by atoms with Gasteiger partial charge < -0.3 is 20.0 Å². The van der Waals surface area contributed by atoms with Gasteiger partial charge in [-0.15, -0.1) is 0 Å². The molecule has 2 unspecified atom stereocenters. The molecule has 9 nitrogen and oxygen atoms in total. The van der Waals surface area contributed by atoms with Gasteiger partial charge in [0.05, 0.1) is 34.1 Å². The number of nitrogens with one attached hydrogen (secondary N) is 1. The molecule has 0 saturated carbocycles. The summed E-state index contributed by atoms with van der Waals surface area (Å²) in [4.78, 5) is 26.3. The number of hydrogen-bond acceptors (Lipinski definition) is 7. The topological polar surface area (TPSA) is 109 Å². The Balaban J connectivity index is 1.36. The second-order valence-corrected chi connectivity index (χ2v) is 10.4. The number of hydrogen-bond donors (Lipinski definition) is 2.